The van der Waals surface area contributed by atoms with Gasteiger partial charge in [-0.05, 0) is 31.0 Å². The third-order valence-corrected chi connectivity index (χ3v) is 4.44. The lowest BCUT2D eigenvalue weighted by atomic mass is 10.1. The number of aromatic nitrogens is 2. The van der Waals surface area contributed by atoms with Crippen molar-refractivity contribution in [3.8, 4) is 5.75 Å². The number of H-pyrrole nitrogens is 1. The molecule has 0 unspecified atom stereocenters. The van der Waals surface area contributed by atoms with Gasteiger partial charge in [-0.1, -0.05) is 12.1 Å². The quantitative estimate of drug-likeness (QED) is 0.763. The lowest BCUT2D eigenvalue weighted by Crippen LogP contribution is -2.43. The molecule has 3 rings (SSSR count). The van der Waals surface area contributed by atoms with Gasteiger partial charge >= 0.3 is 5.97 Å². The summed E-state index contributed by atoms with van der Waals surface area (Å²) in [5.74, 6) is 0.495. The van der Waals surface area contributed by atoms with Crippen molar-refractivity contribution in [2.45, 2.75) is 26.0 Å². The average molecular weight is 359 g/mol. The smallest absolute Gasteiger partial charge is 0.356 e. The first kappa shape index (κ1) is 18.4. The second-order valence-corrected chi connectivity index (χ2v) is 6.27. The van der Waals surface area contributed by atoms with Crippen molar-refractivity contribution >= 4 is 5.97 Å². The molecule has 1 atom stereocenters. The van der Waals surface area contributed by atoms with Crippen LogP contribution in [0.5, 0.6) is 5.75 Å². The molecular formula is C19H25N3O4. The Morgan fingerprint density at radius 3 is 2.92 bits per heavy atom. The molecule has 1 aromatic carbocycles. The molecule has 0 bridgehead atoms. The van der Waals surface area contributed by atoms with Gasteiger partial charge < -0.3 is 14.2 Å². The van der Waals surface area contributed by atoms with Gasteiger partial charge in [0.25, 0.3) is 0 Å². The zero-order chi connectivity index (χ0) is 18.4. The maximum absolute atomic E-state index is 12.0. The number of methoxy groups -OCH3 is 1. The van der Waals surface area contributed by atoms with Gasteiger partial charge in [0.2, 0.25) is 0 Å². The summed E-state index contributed by atoms with van der Waals surface area (Å²) in [5, 5.41) is 6.75. The van der Waals surface area contributed by atoms with Crippen molar-refractivity contribution in [2.24, 2.45) is 0 Å². The van der Waals surface area contributed by atoms with Gasteiger partial charge in [-0.25, -0.2) is 4.79 Å². The minimum absolute atomic E-state index is 0.120. The van der Waals surface area contributed by atoms with Crippen LogP contribution < -0.4 is 4.74 Å². The molecule has 0 spiro atoms. The van der Waals surface area contributed by atoms with E-state index in [1.165, 1.54) is 5.56 Å². The molecule has 0 amide bonds. The Hall–Kier alpha value is -2.38. The molecule has 1 N–H and O–H groups in total. The highest BCUT2D eigenvalue weighted by Gasteiger charge is 2.23. The van der Waals surface area contributed by atoms with Crippen LogP contribution in [0.4, 0.5) is 0 Å². The predicted molar refractivity (Wildman–Crippen MR) is 96.3 cm³/mol. The van der Waals surface area contributed by atoms with Crippen LogP contribution in [0.2, 0.25) is 0 Å². The second kappa shape index (κ2) is 8.82. The average Bonchev–Trinajstić information content (AvgIpc) is 3.11. The van der Waals surface area contributed by atoms with Gasteiger partial charge in [0.1, 0.15) is 11.4 Å². The van der Waals surface area contributed by atoms with E-state index in [0.29, 0.717) is 25.5 Å². The highest BCUT2D eigenvalue weighted by Crippen LogP contribution is 2.18. The van der Waals surface area contributed by atoms with E-state index < -0.39 is 0 Å². The Balaban J connectivity index is 1.58. The SMILES string of the molecule is CCOC(=O)c1[nH]ncc1CN1CCO[C@@H](Cc2ccc(OC)cc2)C1. The van der Waals surface area contributed by atoms with Crippen LogP contribution in [0.1, 0.15) is 28.5 Å². The number of hydrogen-bond donors (Lipinski definition) is 1. The van der Waals surface area contributed by atoms with Crippen molar-refractivity contribution in [1.29, 1.82) is 0 Å². The number of carbonyl (C=O) groups excluding carboxylic acids is 1. The number of esters is 1. The van der Waals surface area contributed by atoms with Crippen molar-refractivity contribution in [1.82, 2.24) is 15.1 Å². The summed E-state index contributed by atoms with van der Waals surface area (Å²) in [6.45, 7) is 5.09. The summed E-state index contributed by atoms with van der Waals surface area (Å²) in [6.07, 6.45) is 2.66. The van der Waals surface area contributed by atoms with Crippen LogP contribution in [0.25, 0.3) is 0 Å². The summed E-state index contributed by atoms with van der Waals surface area (Å²) in [7, 11) is 1.66. The summed E-state index contributed by atoms with van der Waals surface area (Å²) in [6, 6.07) is 8.06. The van der Waals surface area contributed by atoms with Crippen LogP contribution in [0.15, 0.2) is 30.5 Å². The minimum atomic E-state index is -0.358. The number of nitrogens with one attached hydrogen (secondary N) is 1. The number of aromatic amines is 1. The molecule has 1 aliphatic rings. The number of nitrogens with zero attached hydrogens (tertiary/aromatic N) is 2. The Labute approximate surface area is 153 Å². The van der Waals surface area contributed by atoms with Gasteiger partial charge in [-0.15, -0.1) is 0 Å². The standard InChI is InChI=1S/C19H25N3O4/c1-3-25-19(23)18-15(11-20-21-18)12-22-8-9-26-17(13-22)10-14-4-6-16(24-2)7-5-14/h4-7,11,17H,3,8-10,12-13H2,1-2H3,(H,20,21)/t17-/m0/s1. The van der Waals surface area contributed by atoms with Gasteiger partial charge in [0, 0.05) is 25.2 Å². The largest absolute Gasteiger partial charge is 0.497 e. The van der Waals surface area contributed by atoms with Gasteiger partial charge in [0.15, 0.2) is 0 Å². The van der Waals surface area contributed by atoms with Crippen molar-refractivity contribution in [2.75, 3.05) is 33.4 Å². The number of ether oxygens (including phenoxy) is 3. The molecule has 26 heavy (non-hydrogen) atoms. The summed E-state index contributed by atoms with van der Waals surface area (Å²) in [4.78, 5) is 14.3. The van der Waals surface area contributed by atoms with E-state index in [-0.39, 0.29) is 12.1 Å². The lowest BCUT2D eigenvalue weighted by molar-refractivity contribution is -0.0305. The number of rotatable bonds is 7. The fourth-order valence-corrected chi connectivity index (χ4v) is 3.12. The van der Waals surface area contributed by atoms with E-state index >= 15 is 0 Å². The zero-order valence-electron chi connectivity index (χ0n) is 15.2. The van der Waals surface area contributed by atoms with E-state index in [1.807, 2.05) is 12.1 Å². The first-order chi connectivity index (χ1) is 12.7. The highest BCUT2D eigenvalue weighted by atomic mass is 16.5. The summed E-state index contributed by atoms with van der Waals surface area (Å²) in [5.41, 5.74) is 2.51. The Morgan fingerprint density at radius 2 is 2.19 bits per heavy atom. The van der Waals surface area contributed by atoms with Crippen molar-refractivity contribution < 1.29 is 19.0 Å². The Bertz CT molecular complexity index is 714. The third-order valence-electron chi connectivity index (χ3n) is 4.44. The fraction of sp³-hybridized carbons (Fsp3) is 0.474. The molecular weight excluding hydrogens is 334 g/mol. The first-order valence-electron chi connectivity index (χ1n) is 8.85. The summed E-state index contributed by atoms with van der Waals surface area (Å²) >= 11 is 0. The maximum atomic E-state index is 12.0. The molecule has 1 fully saturated rings. The van der Waals surface area contributed by atoms with Gasteiger partial charge in [-0.3, -0.25) is 10.00 Å². The topological polar surface area (TPSA) is 76.7 Å². The second-order valence-electron chi connectivity index (χ2n) is 6.27. The predicted octanol–water partition coefficient (Wildman–Crippen LogP) is 2.04. The third kappa shape index (κ3) is 4.62. The molecule has 1 saturated heterocycles. The minimum Gasteiger partial charge on any atom is -0.497 e. The number of benzene rings is 1. The first-order valence-corrected chi connectivity index (χ1v) is 8.85. The van der Waals surface area contributed by atoms with Crippen LogP contribution in [0.3, 0.4) is 0 Å². The maximum Gasteiger partial charge on any atom is 0.356 e. The molecule has 0 radical (unpaired) electrons. The van der Waals surface area contributed by atoms with E-state index in [1.54, 1.807) is 20.2 Å². The van der Waals surface area contributed by atoms with Crippen LogP contribution in [0, 0.1) is 0 Å². The number of hydrogen-bond acceptors (Lipinski definition) is 6. The molecule has 0 aliphatic carbocycles. The zero-order valence-corrected chi connectivity index (χ0v) is 15.2. The number of carbonyl (C=O) groups is 1. The monoisotopic (exact) mass is 359 g/mol. The van der Waals surface area contributed by atoms with Gasteiger partial charge in [-0.2, -0.15) is 5.10 Å². The fourth-order valence-electron chi connectivity index (χ4n) is 3.12. The van der Waals surface area contributed by atoms with Crippen molar-refractivity contribution in [3.63, 3.8) is 0 Å². The molecule has 2 heterocycles. The van der Waals surface area contributed by atoms with E-state index in [0.717, 1.165) is 30.8 Å². The molecule has 0 saturated carbocycles. The van der Waals surface area contributed by atoms with E-state index in [4.69, 9.17) is 14.2 Å². The highest BCUT2D eigenvalue weighted by molar-refractivity contribution is 5.88. The molecule has 2 aromatic rings. The molecule has 1 aromatic heterocycles. The molecule has 7 nitrogen and oxygen atoms in total. The van der Waals surface area contributed by atoms with E-state index in [2.05, 4.69) is 27.2 Å². The van der Waals surface area contributed by atoms with Crippen LogP contribution >= 0.6 is 0 Å². The number of morpholine rings is 1. The lowest BCUT2D eigenvalue weighted by Gasteiger charge is -2.33. The van der Waals surface area contributed by atoms with Crippen LogP contribution in [-0.4, -0.2) is 60.6 Å². The normalized spacial score (nSPS) is 17.8. The summed E-state index contributed by atoms with van der Waals surface area (Å²) < 4.78 is 16.2. The van der Waals surface area contributed by atoms with Gasteiger partial charge in [0.05, 0.1) is 32.6 Å². The molecule has 140 valence electrons. The van der Waals surface area contributed by atoms with Crippen molar-refractivity contribution in [3.05, 3.63) is 47.3 Å². The van der Waals surface area contributed by atoms with E-state index in [9.17, 15) is 4.79 Å². The molecule has 7 heteroatoms. The molecule has 1 aliphatic heterocycles. The Kier molecular flexibility index (Phi) is 6.25. The Morgan fingerprint density at radius 1 is 1.38 bits per heavy atom. The van der Waals surface area contributed by atoms with Crippen LogP contribution in [-0.2, 0) is 22.4 Å².